The number of rotatable bonds is 7. The fraction of sp³-hybridized carbons (Fsp3) is 0.647. The molecule has 0 bridgehead atoms. The van der Waals surface area contributed by atoms with E-state index in [0.717, 1.165) is 13.1 Å². The van der Waals surface area contributed by atoms with Gasteiger partial charge >= 0.3 is 0 Å². The quantitative estimate of drug-likeness (QED) is 0.804. The molecule has 1 saturated carbocycles. The van der Waals surface area contributed by atoms with E-state index < -0.39 is 0 Å². The summed E-state index contributed by atoms with van der Waals surface area (Å²) in [5, 5.41) is 9.28. The molecule has 1 aliphatic rings. The number of benzene rings is 1. The smallest absolute Gasteiger partial charge is 0.0558 e. The van der Waals surface area contributed by atoms with Gasteiger partial charge in [-0.1, -0.05) is 50.6 Å². The number of hydrogen-bond donors (Lipinski definition) is 2. The van der Waals surface area contributed by atoms with Crippen molar-refractivity contribution in [3.8, 4) is 0 Å². The van der Waals surface area contributed by atoms with Crippen LogP contribution >= 0.6 is 0 Å². The molecule has 0 amide bonds. The molecule has 0 radical (unpaired) electrons. The fourth-order valence-corrected chi connectivity index (χ4v) is 3.00. The Kier molecular flexibility index (Phi) is 5.19. The maximum atomic E-state index is 9.28. The zero-order valence-corrected chi connectivity index (χ0v) is 12.8. The Bertz CT molecular complexity index is 401. The molecule has 1 fully saturated rings. The van der Waals surface area contributed by atoms with Crippen LogP contribution in [0.2, 0.25) is 0 Å². The summed E-state index contributed by atoms with van der Waals surface area (Å²) in [6.07, 6.45) is 3.84. The van der Waals surface area contributed by atoms with Gasteiger partial charge in [-0.05, 0) is 23.8 Å². The van der Waals surface area contributed by atoms with Gasteiger partial charge in [-0.3, -0.25) is 4.90 Å². The molecule has 1 unspecified atom stereocenters. The number of nitrogens with zero attached hydrogens (tertiary/aromatic N) is 1. The third kappa shape index (κ3) is 3.60. The van der Waals surface area contributed by atoms with Crippen molar-refractivity contribution < 1.29 is 5.11 Å². The molecular formula is C17H28N2O. The summed E-state index contributed by atoms with van der Waals surface area (Å²) in [5.74, 6) is 0. The first-order valence-corrected chi connectivity index (χ1v) is 7.70. The summed E-state index contributed by atoms with van der Waals surface area (Å²) < 4.78 is 0. The summed E-state index contributed by atoms with van der Waals surface area (Å²) >= 11 is 0. The van der Waals surface area contributed by atoms with E-state index in [-0.39, 0.29) is 18.1 Å². The van der Waals surface area contributed by atoms with Gasteiger partial charge in [0.15, 0.2) is 0 Å². The maximum Gasteiger partial charge on any atom is 0.0558 e. The van der Waals surface area contributed by atoms with Gasteiger partial charge < -0.3 is 10.8 Å². The molecule has 3 nitrogen and oxygen atoms in total. The number of aliphatic hydroxyl groups excluding tert-OH is 1. The highest BCUT2D eigenvalue weighted by atomic mass is 16.3. The fourth-order valence-electron chi connectivity index (χ4n) is 3.00. The van der Waals surface area contributed by atoms with Crippen molar-refractivity contribution in [2.24, 2.45) is 11.1 Å². The third-order valence-corrected chi connectivity index (χ3v) is 4.59. The molecule has 1 aromatic rings. The van der Waals surface area contributed by atoms with Gasteiger partial charge in [0.25, 0.3) is 0 Å². The van der Waals surface area contributed by atoms with Gasteiger partial charge in [-0.2, -0.15) is 0 Å². The molecule has 112 valence electrons. The molecule has 1 aliphatic carbocycles. The largest absolute Gasteiger partial charge is 0.395 e. The summed E-state index contributed by atoms with van der Waals surface area (Å²) in [4.78, 5) is 2.42. The molecule has 2 rings (SSSR count). The van der Waals surface area contributed by atoms with Crippen molar-refractivity contribution in [2.45, 2.75) is 45.2 Å². The lowest BCUT2D eigenvalue weighted by Gasteiger charge is -2.43. The molecule has 3 N–H and O–H groups in total. The average Bonchev–Trinajstić information content (AvgIpc) is 2.36. The van der Waals surface area contributed by atoms with Crippen molar-refractivity contribution in [2.75, 3.05) is 19.7 Å². The van der Waals surface area contributed by atoms with Gasteiger partial charge in [-0.25, -0.2) is 0 Å². The molecule has 0 saturated heterocycles. The molecule has 0 aliphatic heterocycles. The predicted octanol–water partition coefficient (Wildman–Crippen LogP) is 2.56. The number of aliphatic hydroxyl groups is 1. The van der Waals surface area contributed by atoms with Gasteiger partial charge in [-0.15, -0.1) is 0 Å². The molecule has 0 heterocycles. The van der Waals surface area contributed by atoms with Crippen molar-refractivity contribution in [3.05, 3.63) is 35.9 Å². The first-order valence-electron chi connectivity index (χ1n) is 7.70. The second-order valence-electron chi connectivity index (χ2n) is 6.66. The van der Waals surface area contributed by atoms with Crippen LogP contribution in [0.15, 0.2) is 30.3 Å². The first-order chi connectivity index (χ1) is 9.54. The lowest BCUT2D eigenvalue weighted by molar-refractivity contribution is 0.0552. The molecule has 3 heteroatoms. The maximum absolute atomic E-state index is 9.28. The van der Waals surface area contributed by atoms with E-state index >= 15 is 0 Å². The Balaban J connectivity index is 2.04. The van der Waals surface area contributed by atoms with Crippen LogP contribution in [0.3, 0.4) is 0 Å². The normalized spacial score (nSPS) is 18.1. The van der Waals surface area contributed by atoms with Crippen molar-refractivity contribution in [1.29, 1.82) is 0 Å². The molecule has 1 atom stereocenters. The molecule has 0 aromatic heterocycles. The lowest BCUT2D eigenvalue weighted by Crippen LogP contribution is -2.48. The molecule has 20 heavy (non-hydrogen) atoms. The second kappa shape index (κ2) is 6.70. The standard InChI is InChI=1S/C17H28N2O/c1-17(2,16(18)14-7-4-3-5-8-14)13-19(11-12-20)15-9-6-10-15/h3-5,7-8,15-16,20H,6,9-13,18H2,1-2H3. The highest BCUT2D eigenvalue weighted by molar-refractivity contribution is 5.20. The Labute approximate surface area is 122 Å². The first kappa shape index (κ1) is 15.5. The average molecular weight is 276 g/mol. The monoisotopic (exact) mass is 276 g/mol. The van der Waals surface area contributed by atoms with Crippen LogP contribution in [0.5, 0.6) is 0 Å². The highest BCUT2D eigenvalue weighted by Gasteiger charge is 2.33. The predicted molar refractivity (Wildman–Crippen MR) is 83.4 cm³/mol. The van der Waals surface area contributed by atoms with Crippen LogP contribution < -0.4 is 5.73 Å². The van der Waals surface area contributed by atoms with Crippen molar-refractivity contribution >= 4 is 0 Å². The Morgan fingerprint density at radius 3 is 2.45 bits per heavy atom. The SMILES string of the molecule is CC(C)(CN(CCO)C1CCC1)C(N)c1ccccc1. The van der Waals surface area contributed by atoms with Crippen molar-refractivity contribution in [3.63, 3.8) is 0 Å². The summed E-state index contributed by atoms with van der Waals surface area (Å²) in [5.41, 5.74) is 7.67. The molecule has 0 spiro atoms. The van der Waals surface area contributed by atoms with Crippen LogP contribution in [0, 0.1) is 5.41 Å². The third-order valence-electron chi connectivity index (χ3n) is 4.59. The zero-order valence-electron chi connectivity index (χ0n) is 12.8. The van der Waals surface area contributed by atoms with Gasteiger partial charge in [0.2, 0.25) is 0 Å². The Morgan fingerprint density at radius 1 is 1.30 bits per heavy atom. The second-order valence-corrected chi connectivity index (χ2v) is 6.66. The van der Waals surface area contributed by atoms with Crippen LogP contribution in [0.25, 0.3) is 0 Å². The lowest BCUT2D eigenvalue weighted by atomic mass is 9.79. The number of nitrogens with two attached hydrogens (primary N) is 1. The van der Waals surface area contributed by atoms with Gasteiger partial charge in [0, 0.05) is 25.2 Å². The van der Waals surface area contributed by atoms with E-state index in [1.165, 1.54) is 24.8 Å². The van der Waals surface area contributed by atoms with Gasteiger partial charge in [0.1, 0.15) is 0 Å². The summed E-state index contributed by atoms with van der Waals surface area (Å²) in [6.45, 7) is 6.39. The summed E-state index contributed by atoms with van der Waals surface area (Å²) in [7, 11) is 0. The van der Waals surface area contributed by atoms with E-state index in [9.17, 15) is 5.11 Å². The number of hydrogen-bond acceptors (Lipinski definition) is 3. The zero-order chi connectivity index (χ0) is 14.6. The topological polar surface area (TPSA) is 49.5 Å². The van der Waals surface area contributed by atoms with Crippen LogP contribution in [-0.2, 0) is 0 Å². The van der Waals surface area contributed by atoms with E-state index in [2.05, 4.69) is 30.9 Å². The molecule has 1 aromatic carbocycles. The van der Waals surface area contributed by atoms with Crippen LogP contribution in [0.1, 0.15) is 44.7 Å². The van der Waals surface area contributed by atoms with E-state index in [1.54, 1.807) is 0 Å². The Morgan fingerprint density at radius 2 is 1.95 bits per heavy atom. The van der Waals surface area contributed by atoms with E-state index in [0.29, 0.717) is 6.04 Å². The van der Waals surface area contributed by atoms with Crippen LogP contribution in [0.4, 0.5) is 0 Å². The Hall–Kier alpha value is -0.900. The summed E-state index contributed by atoms with van der Waals surface area (Å²) in [6, 6.07) is 11.0. The molecular weight excluding hydrogens is 248 g/mol. The van der Waals surface area contributed by atoms with E-state index in [4.69, 9.17) is 5.73 Å². The van der Waals surface area contributed by atoms with E-state index in [1.807, 2.05) is 18.2 Å². The minimum absolute atomic E-state index is 0.00782. The minimum atomic E-state index is -0.00782. The van der Waals surface area contributed by atoms with Gasteiger partial charge in [0.05, 0.1) is 6.61 Å². The van der Waals surface area contributed by atoms with Crippen molar-refractivity contribution in [1.82, 2.24) is 4.90 Å². The highest BCUT2D eigenvalue weighted by Crippen LogP contribution is 2.35. The van der Waals surface area contributed by atoms with Crippen LogP contribution in [-0.4, -0.2) is 35.7 Å². The minimum Gasteiger partial charge on any atom is -0.395 e.